The van der Waals surface area contributed by atoms with E-state index in [1.807, 2.05) is 20.8 Å². The van der Waals surface area contributed by atoms with E-state index in [1.54, 1.807) is 6.92 Å². The Morgan fingerprint density at radius 1 is 0.842 bits per heavy atom. The van der Waals surface area contributed by atoms with Crippen molar-refractivity contribution in [2.75, 3.05) is 13.2 Å². The lowest BCUT2D eigenvalue weighted by molar-refractivity contribution is -0.142. The van der Waals surface area contributed by atoms with Crippen LogP contribution in [0.15, 0.2) is 11.1 Å². The second-order valence-corrected chi connectivity index (χ2v) is 4.48. The maximum absolute atomic E-state index is 11.9. The summed E-state index contributed by atoms with van der Waals surface area (Å²) in [5.74, 6) is -0.803. The van der Waals surface area contributed by atoms with Crippen LogP contribution in [-0.4, -0.2) is 25.2 Å². The number of carbonyl (C=O) groups excluding carboxylic acids is 2. The second kappa shape index (κ2) is 10.6. The highest BCUT2D eigenvalue weighted by Crippen LogP contribution is 2.16. The largest absolute Gasteiger partial charge is 0.462 e. The van der Waals surface area contributed by atoms with E-state index in [1.165, 1.54) is 0 Å². The molecule has 19 heavy (non-hydrogen) atoms. The van der Waals surface area contributed by atoms with Gasteiger partial charge in [-0.05, 0) is 32.6 Å². The molecule has 4 nitrogen and oxygen atoms in total. The van der Waals surface area contributed by atoms with Crippen LogP contribution in [0.25, 0.3) is 0 Å². The Labute approximate surface area is 116 Å². The summed E-state index contributed by atoms with van der Waals surface area (Å²) in [7, 11) is 0. The van der Waals surface area contributed by atoms with Crippen LogP contribution < -0.4 is 0 Å². The predicted octanol–water partition coefficient (Wildman–Crippen LogP) is 3.40. The Kier molecular flexibility index (Phi) is 9.85. The van der Waals surface area contributed by atoms with Crippen LogP contribution in [0, 0.1) is 0 Å². The highest BCUT2D eigenvalue weighted by Gasteiger charge is 2.19. The molecular weight excluding hydrogens is 244 g/mol. The van der Waals surface area contributed by atoms with Gasteiger partial charge in [0.1, 0.15) is 0 Å². The first-order chi connectivity index (χ1) is 9.08. The Morgan fingerprint density at radius 3 is 1.84 bits per heavy atom. The molecule has 0 fully saturated rings. The molecular formula is C15H26O4. The Morgan fingerprint density at radius 2 is 1.37 bits per heavy atom. The molecule has 0 bridgehead atoms. The van der Waals surface area contributed by atoms with Crippen LogP contribution in [0.4, 0.5) is 0 Å². The molecule has 0 radical (unpaired) electrons. The molecule has 0 aromatic heterocycles. The highest BCUT2D eigenvalue weighted by atomic mass is 16.5. The first-order valence-corrected chi connectivity index (χ1v) is 7.12. The van der Waals surface area contributed by atoms with Gasteiger partial charge in [0.05, 0.1) is 13.2 Å². The second-order valence-electron chi connectivity index (χ2n) is 4.48. The Bertz CT molecular complexity index is 318. The topological polar surface area (TPSA) is 52.6 Å². The van der Waals surface area contributed by atoms with Gasteiger partial charge < -0.3 is 9.47 Å². The Hall–Kier alpha value is -1.32. The summed E-state index contributed by atoms with van der Waals surface area (Å²) in [6.45, 7) is 8.30. The van der Waals surface area contributed by atoms with Gasteiger partial charge in [-0.15, -0.1) is 0 Å². The summed E-state index contributed by atoms with van der Waals surface area (Å²) >= 11 is 0. The summed E-state index contributed by atoms with van der Waals surface area (Å²) in [6.07, 6.45) is 3.92. The van der Waals surface area contributed by atoms with Crippen molar-refractivity contribution in [2.24, 2.45) is 0 Å². The number of esters is 2. The third kappa shape index (κ3) is 6.99. The summed E-state index contributed by atoms with van der Waals surface area (Å²) in [4.78, 5) is 23.7. The van der Waals surface area contributed by atoms with Gasteiger partial charge in [0.15, 0.2) is 0 Å². The van der Waals surface area contributed by atoms with Gasteiger partial charge in [0.2, 0.25) is 0 Å². The maximum atomic E-state index is 11.9. The molecule has 0 unspecified atom stereocenters. The zero-order valence-corrected chi connectivity index (χ0v) is 12.6. The molecule has 0 aliphatic rings. The van der Waals surface area contributed by atoms with Crippen molar-refractivity contribution in [3.63, 3.8) is 0 Å². The van der Waals surface area contributed by atoms with Crippen LogP contribution in [-0.2, 0) is 19.1 Å². The fourth-order valence-electron chi connectivity index (χ4n) is 1.50. The van der Waals surface area contributed by atoms with Gasteiger partial charge in [-0.2, -0.15) is 0 Å². The fraction of sp³-hybridized carbons (Fsp3) is 0.733. The molecule has 0 saturated heterocycles. The smallest absolute Gasteiger partial charge is 0.334 e. The minimum Gasteiger partial charge on any atom is -0.462 e. The van der Waals surface area contributed by atoms with Crippen LogP contribution in [0.5, 0.6) is 0 Å². The SMILES string of the molecule is CCCC/C(C(=O)OCCC)=C(\C)C(=O)OCCC. The molecule has 4 heteroatoms. The first-order valence-electron chi connectivity index (χ1n) is 7.12. The van der Waals surface area contributed by atoms with Crippen LogP contribution >= 0.6 is 0 Å². The summed E-state index contributed by atoms with van der Waals surface area (Å²) in [6, 6.07) is 0. The van der Waals surface area contributed by atoms with Crippen molar-refractivity contribution in [3.8, 4) is 0 Å². The third-order valence-corrected chi connectivity index (χ3v) is 2.66. The average molecular weight is 270 g/mol. The van der Waals surface area contributed by atoms with E-state index in [0.29, 0.717) is 30.8 Å². The number of unbranched alkanes of at least 4 members (excludes halogenated alkanes) is 1. The molecule has 110 valence electrons. The van der Waals surface area contributed by atoms with Gasteiger partial charge in [0, 0.05) is 11.1 Å². The van der Waals surface area contributed by atoms with E-state index in [-0.39, 0.29) is 5.97 Å². The van der Waals surface area contributed by atoms with Crippen LogP contribution in [0.2, 0.25) is 0 Å². The third-order valence-electron chi connectivity index (χ3n) is 2.66. The summed E-state index contributed by atoms with van der Waals surface area (Å²) in [5.41, 5.74) is 0.833. The van der Waals surface area contributed by atoms with E-state index >= 15 is 0 Å². The highest BCUT2D eigenvalue weighted by molar-refractivity contribution is 5.99. The average Bonchev–Trinajstić information content (AvgIpc) is 2.42. The lowest BCUT2D eigenvalue weighted by Crippen LogP contribution is -2.16. The molecule has 0 rings (SSSR count). The summed E-state index contributed by atoms with van der Waals surface area (Å²) < 4.78 is 10.2. The number of rotatable bonds is 9. The van der Waals surface area contributed by atoms with Gasteiger partial charge in [-0.1, -0.05) is 27.2 Å². The minimum atomic E-state index is -0.415. The molecule has 0 aliphatic heterocycles. The van der Waals surface area contributed by atoms with E-state index < -0.39 is 5.97 Å². The lowest BCUT2D eigenvalue weighted by Gasteiger charge is -2.11. The molecule has 0 aromatic carbocycles. The molecule has 0 saturated carbocycles. The van der Waals surface area contributed by atoms with E-state index in [4.69, 9.17) is 9.47 Å². The zero-order valence-electron chi connectivity index (χ0n) is 12.6. The standard InChI is InChI=1S/C15H26O4/c1-5-8-9-13(15(17)19-11-7-3)12(4)14(16)18-10-6-2/h5-11H2,1-4H3/b13-12-. The molecule has 0 spiro atoms. The van der Waals surface area contributed by atoms with Crippen molar-refractivity contribution in [3.05, 3.63) is 11.1 Å². The maximum Gasteiger partial charge on any atom is 0.334 e. The van der Waals surface area contributed by atoms with Crippen molar-refractivity contribution in [1.82, 2.24) is 0 Å². The first kappa shape index (κ1) is 17.7. The number of hydrogen-bond donors (Lipinski definition) is 0. The van der Waals surface area contributed by atoms with Gasteiger partial charge in [-0.3, -0.25) is 0 Å². The van der Waals surface area contributed by atoms with Gasteiger partial charge in [0.25, 0.3) is 0 Å². The van der Waals surface area contributed by atoms with E-state index in [9.17, 15) is 9.59 Å². The molecule has 0 N–H and O–H groups in total. The number of ether oxygens (including phenoxy) is 2. The van der Waals surface area contributed by atoms with Crippen molar-refractivity contribution < 1.29 is 19.1 Å². The molecule has 0 amide bonds. The minimum absolute atomic E-state index is 0.376. The zero-order chi connectivity index (χ0) is 14.7. The molecule has 0 aliphatic carbocycles. The van der Waals surface area contributed by atoms with Gasteiger partial charge in [-0.25, -0.2) is 9.59 Å². The van der Waals surface area contributed by atoms with Crippen molar-refractivity contribution >= 4 is 11.9 Å². The quantitative estimate of drug-likeness (QED) is 0.476. The van der Waals surface area contributed by atoms with Crippen LogP contribution in [0.3, 0.4) is 0 Å². The molecule has 0 heterocycles. The van der Waals surface area contributed by atoms with E-state index in [0.717, 1.165) is 25.7 Å². The number of carbonyl (C=O) groups is 2. The number of hydrogen-bond acceptors (Lipinski definition) is 4. The normalized spacial score (nSPS) is 11.8. The molecule has 0 atom stereocenters. The molecule has 0 aromatic rings. The van der Waals surface area contributed by atoms with Gasteiger partial charge >= 0.3 is 11.9 Å². The predicted molar refractivity (Wildman–Crippen MR) is 74.7 cm³/mol. The van der Waals surface area contributed by atoms with Crippen molar-refractivity contribution in [2.45, 2.75) is 59.8 Å². The van der Waals surface area contributed by atoms with Crippen molar-refractivity contribution in [1.29, 1.82) is 0 Å². The van der Waals surface area contributed by atoms with Crippen LogP contribution in [0.1, 0.15) is 59.8 Å². The Balaban J connectivity index is 4.85. The fourth-order valence-corrected chi connectivity index (χ4v) is 1.50. The summed E-state index contributed by atoms with van der Waals surface area (Å²) in [5, 5.41) is 0. The monoisotopic (exact) mass is 270 g/mol. The van der Waals surface area contributed by atoms with E-state index in [2.05, 4.69) is 0 Å². The lowest BCUT2D eigenvalue weighted by atomic mass is 10.0.